The van der Waals surface area contributed by atoms with Gasteiger partial charge in [0.2, 0.25) is 11.8 Å². The molecule has 130 valence electrons. The molecular weight excluding hydrogens is 357 g/mol. The molecule has 1 N–H and O–H groups in total. The number of carbonyl (C=O) groups excluding carboxylic acids is 2. The first-order valence-electron chi connectivity index (χ1n) is 7.36. The van der Waals surface area contributed by atoms with E-state index in [2.05, 4.69) is 5.32 Å². The number of nitrogens with one attached hydrogen (secondary N) is 1. The highest BCUT2D eigenvalue weighted by atomic mass is 35.5. The number of hydrogen-bond donors (Lipinski definition) is 1. The van der Waals surface area contributed by atoms with E-state index in [1.807, 2.05) is 0 Å². The van der Waals surface area contributed by atoms with Gasteiger partial charge in [0.25, 0.3) is 0 Å². The van der Waals surface area contributed by atoms with Gasteiger partial charge in [-0.15, -0.1) is 0 Å². The lowest BCUT2D eigenvalue weighted by Crippen LogP contribution is -2.28. The summed E-state index contributed by atoms with van der Waals surface area (Å²) in [6, 6.07) is 6.84. The van der Waals surface area contributed by atoms with Gasteiger partial charge >= 0.3 is 0 Å². The lowest BCUT2D eigenvalue weighted by molar-refractivity contribution is -0.122. The van der Waals surface area contributed by atoms with Crippen molar-refractivity contribution >= 4 is 34.8 Å². The van der Waals surface area contributed by atoms with Crippen molar-refractivity contribution in [3.05, 3.63) is 58.9 Å². The van der Waals surface area contributed by atoms with E-state index in [4.69, 9.17) is 11.6 Å². The average Bonchev–Trinajstić information content (AvgIpc) is 2.95. The van der Waals surface area contributed by atoms with E-state index >= 15 is 0 Å². The molecule has 1 aliphatic heterocycles. The van der Waals surface area contributed by atoms with Crippen LogP contribution in [-0.2, 0) is 9.59 Å². The molecule has 1 heterocycles. The van der Waals surface area contributed by atoms with E-state index in [9.17, 15) is 22.8 Å². The molecule has 1 unspecified atom stereocenters. The molecule has 2 aromatic carbocycles. The fraction of sp³-hybridized carbons (Fsp3) is 0.176. The van der Waals surface area contributed by atoms with Gasteiger partial charge in [-0.25, -0.2) is 13.2 Å². The van der Waals surface area contributed by atoms with Gasteiger partial charge < -0.3 is 10.2 Å². The van der Waals surface area contributed by atoms with E-state index in [0.717, 1.165) is 18.2 Å². The maximum atomic E-state index is 13.3. The van der Waals surface area contributed by atoms with Gasteiger partial charge in [0, 0.05) is 30.4 Å². The zero-order valence-corrected chi connectivity index (χ0v) is 13.5. The Labute approximate surface area is 146 Å². The largest absolute Gasteiger partial charge is 0.326 e. The van der Waals surface area contributed by atoms with Crippen molar-refractivity contribution in [2.45, 2.75) is 6.42 Å². The van der Waals surface area contributed by atoms with Crippen LogP contribution in [0.2, 0.25) is 5.02 Å². The summed E-state index contributed by atoms with van der Waals surface area (Å²) in [5.74, 6) is -4.19. The second-order valence-corrected chi connectivity index (χ2v) is 6.03. The minimum atomic E-state index is -1.07. The predicted octanol–water partition coefficient (Wildman–Crippen LogP) is 3.75. The third kappa shape index (κ3) is 3.61. The van der Waals surface area contributed by atoms with Crippen LogP contribution in [0.1, 0.15) is 6.42 Å². The Kier molecular flexibility index (Phi) is 4.67. The molecule has 2 aromatic rings. The number of benzene rings is 2. The second-order valence-electron chi connectivity index (χ2n) is 5.62. The van der Waals surface area contributed by atoms with E-state index in [1.165, 1.54) is 23.1 Å². The van der Waals surface area contributed by atoms with Gasteiger partial charge in [-0.2, -0.15) is 0 Å². The van der Waals surface area contributed by atoms with Crippen molar-refractivity contribution in [2.24, 2.45) is 5.92 Å². The Morgan fingerprint density at radius 3 is 2.48 bits per heavy atom. The number of hydrogen-bond acceptors (Lipinski definition) is 2. The van der Waals surface area contributed by atoms with Crippen LogP contribution in [0, 0.1) is 23.4 Å². The third-order valence-electron chi connectivity index (χ3n) is 3.90. The van der Waals surface area contributed by atoms with Crippen LogP contribution in [0.3, 0.4) is 0 Å². The van der Waals surface area contributed by atoms with Crippen LogP contribution in [-0.4, -0.2) is 18.4 Å². The Bertz CT molecular complexity index is 860. The second kappa shape index (κ2) is 6.76. The highest BCUT2D eigenvalue weighted by Gasteiger charge is 2.35. The van der Waals surface area contributed by atoms with Gasteiger partial charge in [0.1, 0.15) is 5.82 Å². The smallest absolute Gasteiger partial charge is 0.229 e. The third-order valence-corrected chi connectivity index (χ3v) is 4.19. The summed E-state index contributed by atoms with van der Waals surface area (Å²) in [4.78, 5) is 25.6. The molecule has 4 nitrogen and oxygen atoms in total. The Balaban J connectivity index is 1.71. The minimum absolute atomic E-state index is 0.0324. The fourth-order valence-electron chi connectivity index (χ4n) is 2.60. The van der Waals surface area contributed by atoms with Crippen LogP contribution in [0.4, 0.5) is 24.5 Å². The number of halogens is 4. The SMILES string of the molecule is O=C(Nc1ccc(F)c(Cl)c1)C1CC(=O)N(c2ccc(F)c(F)c2)C1. The molecule has 1 aliphatic rings. The van der Waals surface area contributed by atoms with Crippen LogP contribution in [0.15, 0.2) is 36.4 Å². The fourth-order valence-corrected chi connectivity index (χ4v) is 2.78. The number of nitrogens with zero attached hydrogens (tertiary/aromatic N) is 1. The van der Waals surface area contributed by atoms with Gasteiger partial charge in [-0.3, -0.25) is 9.59 Å². The van der Waals surface area contributed by atoms with Crippen LogP contribution < -0.4 is 10.2 Å². The summed E-state index contributed by atoms with van der Waals surface area (Å²) in [5, 5.41) is 2.43. The maximum absolute atomic E-state index is 13.3. The molecule has 1 fully saturated rings. The predicted molar refractivity (Wildman–Crippen MR) is 86.9 cm³/mol. The molecule has 0 radical (unpaired) electrons. The van der Waals surface area contributed by atoms with Crippen LogP contribution in [0.25, 0.3) is 0 Å². The lowest BCUT2D eigenvalue weighted by Gasteiger charge is -2.17. The Hall–Kier alpha value is -2.54. The normalized spacial score (nSPS) is 17.0. The molecule has 1 saturated heterocycles. The molecule has 0 bridgehead atoms. The number of amides is 2. The van der Waals surface area contributed by atoms with Gasteiger partial charge in [-0.05, 0) is 30.3 Å². The molecular formula is C17H12ClF3N2O2. The van der Waals surface area contributed by atoms with Crippen molar-refractivity contribution in [3.8, 4) is 0 Å². The summed E-state index contributed by atoms with van der Waals surface area (Å²) < 4.78 is 39.5. The van der Waals surface area contributed by atoms with E-state index in [1.54, 1.807) is 0 Å². The number of rotatable bonds is 3. The monoisotopic (exact) mass is 368 g/mol. The molecule has 0 spiro atoms. The highest BCUT2D eigenvalue weighted by Crippen LogP contribution is 2.28. The van der Waals surface area contributed by atoms with E-state index in [0.29, 0.717) is 5.69 Å². The maximum Gasteiger partial charge on any atom is 0.229 e. The molecule has 0 saturated carbocycles. The van der Waals surface area contributed by atoms with Gasteiger partial charge in [0.15, 0.2) is 11.6 Å². The molecule has 1 atom stereocenters. The topological polar surface area (TPSA) is 49.4 Å². The Morgan fingerprint density at radius 2 is 1.80 bits per heavy atom. The first-order chi connectivity index (χ1) is 11.8. The molecule has 25 heavy (non-hydrogen) atoms. The summed E-state index contributed by atoms with van der Waals surface area (Å²) in [6.07, 6.45) is -0.0697. The zero-order valence-electron chi connectivity index (χ0n) is 12.7. The minimum Gasteiger partial charge on any atom is -0.326 e. The van der Waals surface area contributed by atoms with Gasteiger partial charge in [0.05, 0.1) is 10.9 Å². The average molecular weight is 369 g/mol. The first-order valence-corrected chi connectivity index (χ1v) is 7.74. The molecule has 3 rings (SSSR count). The van der Waals surface area contributed by atoms with E-state index in [-0.39, 0.29) is 29.6 Å². The molecule has 2 amide bonds. The van der Waals surface area contributed by atoms with Crippen molar-refractivity contribution in [2.75, 3.05) is 16.8 Å². The molecule has 0 aromatic heterocycles. The highest BCUT2D eigenvalue weighted by molar-refractivity contribution is 6.31. The standard InChI is InChI=1S/C17H12ClF3N2O2/c18-12-6-10(1-3-13(12)19)22-17(25)9-5-16(24)23(8-9)11-2-4-14(20)15(21)7-11/h1-4,6-7,9H,5,8H2,(H,22,25). The first kappa shape index (κ1) is 17.3. The lowest BCUT2D eigenvalue weighted by atomic mass is 10.1. The summed E-state index contributed by atoms with van der Waals surface area (Å²) in [6.45, 7) is 0.0324. The summed E-state index contributed by atoms with van der Waals surface area (Å²) in [7, 11) is 0. The quantitative estimate of drug-likeness (QED) is 0.897. The zero-order chi connectivity index (χ0) is 18.1. The van der Waals surface area contributed by atoms with Crippen molar-refractivity contribution < 1.29 is 22.8 Å². The number of carbonyl (C=O) groups is 2. The van der Waals surface area contributed by atoms with Crippen LogP contribution in [0.5, 0.6) is 0 Å². The van der Waals surface area contributed by atoms with Crippen molar-refractivity contribution in [3.63, 3.8) is 0 Å². The van der Waals surface area contributed by atoms with E-state index < -0.39 is 29.3 Å². The summed E-state index contributed by atoms with van der Waals surface area (Å²) >= 11 is 5.66. The Morgan fingerprint density at radius 1 is 1.08 bits per heavy atom. The van der Waals surface area contributed by atoms with Crippen molar-refractivity contribution in [1.29, 1.82) is 0 Å². The molecule has 0 aliphatic carbocycles. The molecule has 8 heteroatoms. The number of anilines is 2. The van der Waals surface area contributed by atoms with Gasteiger partial charge in [-0.1, -0.05) is 11.6 Å². The van der Waals surface area contributed by atoms with Crippen LogP contribution >= 0.6 is 11.6 Å². The van der Waals surface area contributed by atoms with Crippen molar-refractivity contribution in [1.82, 2.24) is 0 Å². The summed E-state index contributed by atoms with van der Waals surface area (Å²) in [5.41, 5.74) is 0.485.